The van der Waals surface area contributed by atoms with Gasteiger partial charge in [-0.25, -0.2) is 4.98 Å². The maximum Gasteiger partial charge on any atom is 0.185 e. The Morgan fingerprint density at radius 2 is 2.00 bits per heavy atom. The minimum Gasteiger partial charge on any atom is -0.391 e. The number of aliphatic hydroxyl groups excluding tert-OH is 1. The van der Waals surface area contributed by atoms with Crippen LogP contribution in [0.25, 0.3) is 0 Å². The Kier molecular flexibility index (Phi) is 3.50. The second-order valence-corrected chi connectivity index (χ2v) is 6.08. The van der Waals surface area contributed by atoms with Gasteiger partial charge in [0, 0.05) is 13.1 Å². The first kappa shape index (κ1) is 11.9. The smallest absolute Gasteiger partial charge is 0.185 e. The molecule has 1 aromatic rings. The van der Waals surface area contributed by atoms with Crippen molar-refractivity contribution in [2.45, 2.75) is 33.8 Å². The molecule has 1 fully saturated rings. The summed E-state index contributed by atoms with van der Waals surface area (Å²) in [4.78, 5) is 7.93. The molecule has 0 aromatic carbocycles. The van der Waals surface area contributed by atoms with E-state index in [1.165, 1.54) is 6.42 Å². The number of aliphatic hydroxyl groups is 1. The SMILES string of the molecule is Cc1nc(N2CC(C)CC(C)C2)sc1CO. The molecule has 0 aliphatic carbocycles. The molecule has 90 valence electrons. The number of anilines is 1. The number of hydrogen-bond donors (Lipinski definition) is 1. The third kappa shape index (κ3) is 2.38. The molecule has 0 radical (unpaired) electrons. The van der Waals surface area contributed by atoms with E-state index in [0.29, 0.717) is 0 Å². The molecule has 0 saturated carbocycles. The van der Waals surface area contributed by atoms with E-state index in [1.807, 2.05) is 6.92 Å². The Morgan fingerprint density at radius 1 is 1.38 bits per heavy atom. The number of aryl methyl sites for hydroxylation is 1. The van der Waals surface area contributed by atoms with Crippen LogP contribution in [0.2, 0.25) is 0 Å². The standard InChI is InChI=1S/C12H20N2OS/c1-8-4-9(2)6-14(5-8)12-13-10(3)11(7-15)16-12/h8-9,15H,4-7H2,1-3H3. The summed E-state index contributed by atoms with van der Waals surface area (Å²) in [7, 11) is 0. The number of nitrogens with zero attached hydrogens (tertiary/aromatic N) is 2. The first-order valence-electron chi connectivity index (χ1n) is 5.92. The number of hydrogen-bond acceptors (Lipinski definition) is 4. The zero-order valence-corrected chi connectivity index (χ0v) is 11.0. The van der Waals surface area contributed by atoms with Gasteiger partial charge in [-0.3, -0.25) is 0 Å². The van der Waals surface area contributed by atoms with Gasteiger partial charge in [-0.2, -0.15) is 0 Å². The van der Waals surface area contributed by atoms with Crippen molar-refractivity contribution < 1.29 is 5.11 Å². The molecule has 0 bridgehead atoms. The zero-order chi connectivity index (χ0) is 11.7. The van der Waals surface area contributed by atoms with Gasteiger partial charge in [-0.15, -0.1) is 0 Å². The molecule has 3 nitrogen and oxygen atoms in total. The summed E-state index contributed by atoms with van der Waals surface area (Å²) in [5.41, 5.74) is 0.980. The third-order valence-corrected chi connectivity index (χ3v) is 4.37. The van der Waals surface area contributed by atoms with Crippen LogP contribution in [0.4, 0.5) is 5.13 Å². The fraction of sp³-hybridized carbons (Fsp3) is 0.750. The molecule has 2 rings (SSSR count). The largest absolute Gasteiger partial charge is 0.391 e. The number of rotatable bonds is 2. The monoisotopic (exact) mass is 240 g/mol. The van der Waals surface area contributed by atoms with Crippen LogP contribution in [0, 0.1) is 18.8 Å². The first-order valence-corrected chi connectivity index (χ1v) is 6.74. The molecule has 0 spiro atoms. The maximum absolute atomic E-state index is 9.19. The van der Waals surface area contributed by atoms with Crippen LogP contribution in [-0.2, 0) is 6.61 Å². The fourth-order valence-corrected chi connectivity index (χ4v) is 3.45. The van der Waals surface area contributed by atoms with Crippen LogP contribution in [0.15, 0.2) is 0 Å². The highest BCUT2D eigenvalue weighted by Crippen LogP contribution is 2.31. The topological polar surface area (TPSA) is 36.4 Å². The maximum atomic E-state index is 9.19. The van der Waals surface area contributed by atoms with Crippen LogP contribution < -0.4 is 4.90 Å². The quantitative estimate of drug-likeness (QED) is 0.862. The van der Waals surface area contributed by atoms with Crippen molar-refractivity contribution >= 4 is 16.5 Å². The minimum absolute atomic E-state index is 0.114. The van der Waals surface area contributed by atoms with Crippen molar-refractivity contribution in [2.24, 2.45) is 11.8 Å². The van der Waals surface area contributed by atoms with Gasteiger partial charge in [0.1, 0.15) is 0 Å². The van der Waals surface area contributed by atoms with Gasteiger partial charge in [0.2, 0.25) is 0 Å². The highest BCUT2D eigenvalue weighted by Gasteiger charge is 2.24. The predicted octanol–water partition coefficient (Wildman–Crippen LogP) is 2.43. The highest BCUT2D eigenvalue weighted by atomic mass is 32.1. The normalized spacial score (nSPS) is 26.1. The van der Waals surface area contributed by atoms with Crippen molar-refractivity contribution in [3.05, 3.63) is 10.6 Å². The Hall–Kier alpha value is -0.610. The second-order valence-electron chi connectivity index (χ2n) is 5.01. The molecular formula is C12H20N2OS. The Labute approximate surface area is 101 Å². The highest BCUT2D eigenvalue weighted by molar-refractivity contribution is 7.15. The summed E-state index contributed by atoms with van der Waals surface area (Å²) >= 11 is 1.63. The number of thiazole rings is 1. The summed E-state index contributed by atoms with van der Waals surface area (Å²) in [6, 6.07) is 0. The molecule has 1 saturated heterocycles. The van der Waals surface area contributed by atoms with Crippen LogP contribution in [0.3, 0.4) is 0 Å². The van der Waals surface area contributed by atoms with E-state index in [4.69, 9.17) is 0 Å². The molecule has 1 N–H and O–H groups in total. The zero-order valence-electron chi connectivity index (χ0n) is 10.2. The summed E-state index contributed by atoms with van der Waals surface area (Å²) in [5, 5.41) is 10.3. The molecular weight excluding hydrogens is 220 g/mol. The Bertz CT molecular complexity index is 354. The number of aromatic nitrogens is 1. The molecule has 2 heterocycles. The van der Waals surface area contributed by atoms with Crippen LogP contribution >= 0.6 is 11.3 Å². The van der Waals surface area contributed by atoms with E-state index >= 15 is 0 Å². The van der Waals surface area contributed by atoms with E-state index in [2.05, 4.69) is 23.7 Å². The molecule has 0 amide bonds. The van der Waals surface area contributed by atoms with Crippen molar-refractivity contribution in [2.75, 3.05) is 18.0 Å². The fourth-order valence-electron chi connectivity index (χ4n) is 2.51. The van der Waals surface area contributed by atoms with Gasteiger partial charge in [-0.05, 0) is 25.2 Å². The lowest BCUT2D eigenvalue weighted by Crippen LogP contribution is -2.38. The summed E-state index contributed by atoms with van der Waals surface area (Å²) < 4.78 is 0. The molecule has 2 atom stereocenters. The van der Waals surface area contributed by atoms with Crippen LogP contribution in [0.5, 0.6) is 0 Å². The van der Waals surface area contributed by atoms with Crippen molar-refractivity contribution in [3.63, 3.8) is 0 Å². The van der Waals surface area contributed by atoms with Gasteiger partial charge in [-0.1, -0.05) is 25.2 Å². The molecule has 1 aliphatic rings. The Morgan fingerprint density at radius 3 is 2.50 bits per heavy atom. The van der Waals surface area contributed by atoms with Crippen LogP contribution in [-0.4, -0.2) is 23.2 Å². The first-order chi connectivity index (χ1) is 7.60. The van der Waals surface area contributed by atoms with Crippen molar-refractivity contribution in [3.8, 4) is 0 Å². The van der Waals surface area contributed by atoms with Crippen molar-refractivity contribution in [1.82, 2.24) is 4.98 Å². The third-order valence-electron chi connectivity index (χ3n) is 3.16. The number of piperidine rings is 1. The van der Waals surface area contributed by atoms with Gasteiger partial charge in [0.05, 0.1) is 17.2 Å². The average molecular weight is 240 g/mol. The van der Waals surface area contributed by atoms with E-state index < -0.39 is 0 Å². The predicted molar refractivity (Wildman–Crippen MR) is 67.9 cm³/mol. The van der Waals surface area contributed by atoms with Gasteiger partial charge >= 0.3 is 0 Å². The molecule has 4 heteroatoms. The molecule has 1 aliphatic heterocycles. The van der Waals surface area contributed by atoms with E-state index in [9.17, 15) is 5.11 Å². The van der Waals surface area contributed by atoms with E-state index in [0.717, 1.165) is 40.6 Å². The van der Waals surface area contributed by atoms with E-state index in [-0.39, 0.29) is 6.61 Å². The second kappa shape index (κ2) is 4.72. The summed E-state index contributed by atoms with van der Waals surface area (Å²) in [6.45, 7) is 8.89. The average Bonchev–Trinajstić information content (AvgIpc) is 2.58. The van der Waals surface area contributed by atoms with Crippen molar-refractivity contribution in [1.29, 1.82) is 0 Å². The lowest BCUT2D eigenvalue weighted by atomic mass is 9.92. The van der Waals surface area contributed by atoms with Gasteiger partial charge in [0.15, 0.2) is 5.13 Å². The lowest BCUT2D eigenvalue weighted by Gasteiger charge is -2.34. The summed E-state index contributed by atoms with van der Waals surface area (Å²) in [5.74, 6) is 1.48. The molecule has 2 unspecified atom stereocenters. The van der Waals surface area contributed by atoms with Crippen LogP contribution in [0.1, 0.15) is 30.8 Å². The molecule has 16 heavy (non-hydrogen) atoms. The summed E-state index contributed by atoms with van der Waals surface area (Å²) in [6.07, 6.45) is 1.31. The molecule has 1 aromatic heterocycles. The van der Waals surface area contributed by atoms with E-state index in [1.54, 1.807) is 11.3 Å². The lowest BCUT2D eigenvalue weighted by molar-refractivity contribution is 0.284. The minimum atomic E-state index is 0.114. The van der Waals surface area contributed by atoms with Gasteiger partial charge in [0.25, 0.3) is 0 Å². The van der Waals surface area contributed by atoms with Gasteiger partial charge < -0.3 is 10.0 Å². The Balaban J connectivity index is 2.16.